The van der Waals surface area contributed by atoms with Gasteiger partial charge in [-0.1, -0.05) is 37.3 Å². The number of amides is 1. The van der Waals surface area contributed by atoms with Crippen molar-refractivity contribution in [2.75, 3.05) is 43.4 Å². The first-order valence-electron chi connectivity index (χ1n) is 9.71. The number of piperazine rings is 1. The molecule has 2 heterocycles. The average molecular weight is 415 g/mol. The van der Waals surface area contributed by atoms with E-state index in [9.17, 15) is 9.59 Å². The van der Waals surface area contributed by atoms with Crippen molar-refractivity contribution < 1.29 is 14.3 Å². The molecule has 0 spiro atoms. The van der Waals surface area contributed by atoms with Crippen LogP contribution >= 0.6 is 11.8 Å². The molecular formula is C21H26N4O3S. The zero-order valence-electron chi connectivity index (χ0n) is 16.6. The first-order valence-corrected chi connectivity index (χ1v) is 10.9. The normalized spacial score (nSPS) is 15.1. The number of ether oxygens (including phenoxy) is 1. The third-order valence-corrected chi connectivity index (χ3v) is 5.96. The number of esters is 1. The fourth-order valence-corrected chi connectivity index (χ4v) is 4.01. The minimum absolute atomic E-state index is 0.156. The molecule has 1 atom stereocenters. The van der Waals surface area contributed by atoms with E-state index < -0.39 is 0 Å². The van der Waals surface area contributed by atoms with Gasteiger partial charge in [-0.25, -0.2) is 9.97 Å². The van der Waals surface area contributed by atoms with Gasteiger partial charge in [0.1, 0.15) is 0 Å². The summed E-state index contributed by atoms with van der Waals surface area (Å²) in [4.78, 5) is 36.8. The molecule has 1 amide bonds. The van der Waals surface area contributed by atoms with Crippen molar-refractivity contribution in [3.8, 4) is 0 Å². The molecule has 154 valence electrons. The summed E-state index contributed by atoms with van der Waals surface area (Å²) in [5.74, 6) is 1.47. The number of hydrogen-bond acceptors (Lipinski definition) is 7. The molecule has 0 radical (unpaired) electrons. The summed E-state index contributed by atoms with van der Waals surface area (Å²) in [7, 11) is 0. The summed E-state index contributed by atoms with van der Waals surface area (Å²) in [6, 6.07) is 11.9. The number of hydrogen-bond donors (Lipinski definition) is 0. The van der Waals surface area contributed by atoms with Crippen molar-refractivity contribution in [1.29, 1.82) is 0 Å². The van der Waals surface area contributed by atoms with Crippen molar-refractivity contribution in [1.82, 2.24) is 14.9 Å². The van der Waals surface area contributed by atoms with E-state index >= 15 is 0 Å². The van der Waals surface area contributed by atoms with Gasteiger partial charge in [0.15, 0.2) is 6.61 Å². The van der Waals surface area contributed by atoms with Gasteiger partial charge in [-0.15, -0.1) is 0 Å². The number of benzene rings is 1. The van der Waals surface area contributed by atoms with E-state index in [4.69, 9.17) is 4.74 Å². The Balaban J connectivity index is 1.34. The Bertz CT molecular complexity index is 783. The van der Waals surface area contributed by atoms with Crippen LogP contribution in [-0.4, -0.2) is 65.3 Å². The number of anilines is 1. The molecule has 0 saturated carbocycles. The number of nitrogens with zero attached hydrogens (tertiary/aromatic N) is 4. The van der Waals surface area contributed by atoms with Crippen LogP contribution < -0.4 is 4.90 Å². The van der Waals surface area contributed by atoms with E-state index in [1.54, 1.807) is 35.1 Å². The third-order valence-electron chi connectivity index (χ3n) is 4.69. The second-order valence-corrected chi connectivity index (χ2v) is 7.96. The fourth-order valence-electron chi connectivity index (χ4n) is 2.97. The highest BCUT2D eigenvalue weighted by atomic mass is 32.2. The summed E-state index contributed by atoms with van der Waals surface area (Å²) in [6.07, 6.45) is 3.41. The van der Waals surface area contributed by atoms with Crippen LogP contribution in [0.3, 0.4) is 0 Å². The van der Waals surface area contributed by atoms with Crippen LogP contribution in [0.4, 0.5) is 5.95 Å². The SMILES string of the molecule is C[C@@H](CSCc1ccccc1)C(=O)OCC(=O)N1CCN(c2ncccn2)CC1. The van der Waals surface area contributed by atoms with E-state index in [0.29, 0.717) is 37.9 Å². The molecule has 0 N–H and O–H groups in total. The Kier molecular flexibility index (Phi) is 7.86. The van der Waals surface area contributed by atoms with Crippen LogP contribution in [0.1, 0.15) is 12.5 Å². The van der Waals surface area contributed by atoms with Gasteiger partial charge in [-0.05, 0) is 11.6 Å². The lowest BCUT2D eigenvalue weighted by molar-refractivity contribution is -0.154. The molecule has 0 aliphatic carbocycles. The number of aromatic nitrogens is 2. The third kappa shape index (κ3) is 6.45. The maximum Gasteiger partial charge on any atom is 0.309 e. The molecule has 0 unspecified atom stereocenters. The van der Waals surface area contributed by atoms with Crippen molar-refractivity contribution in [3.63, 3.8) is 0 Å². The van der Waals surface area contributed by atoms with Crippen molar-refractivity contribution in [2.24, 2.45) is 5.92 Å². The van der Waals surface area contributed by atoms with Gasteiger partial charge >= 0.3 is 5.97 Å². The lowest BCUT2D eigenvalue weighted by atomic mass is 10.2. The highest BCUT2D eigenvalue weighted by Crippen LogP contribution is 2.16. The van der Waals surface area contributed by atoms with E-state index in [0.717, 1.165) is 5.75 Å². The quantitative estimate of drug-likeness (QED) is 0.613. The van der Waals surface area contributed by atoms with Crippen LogP contribution in [-0.2, 0) is 20.1 Å². The monoisotopic (exact) mass is 414 g/mol. The second-order valence-electron chi connectivity index (χ2n) is 6.93. The molecule has 1 aromatic heterocycles. The summed E-state index contributed by atoms with van der Waals surface area (Å²) in [6.45, 7) is 4.10. The number of rotatable bonds is 8. The molecule has 29 heavy (non-hydrogen) atoms. The molecule has 3 rings (SSSR count). The van der Waals surface area contributed by atoms with Crippen LogP contribution in [0.15, 0.2) is 48.8 Å². The molecular weight excluding hydrogens is 388 g/mol. The van der Waals surface area contributed by atoms with Crippen LogP contribution in [0.5, 0.6) is 0 Å². The first kappa shape index (κ1) is 21.1. The van der Waals surface area contributed by atoms with Crippen molar-refractivity contribution in [3.05, 3.63) is 54.4 Å². The molecule has 1 aromatic carbocycles. The zero-order valence-corrected chi connectivity index (χ0v) is 17.4. The van der Waals surface area contributed by atoms with E-state index in [1.807, 2.05) is 30.0 Å². The maximum atomic E-state index is 12.4. The molecule has 1 saturated heterocycles. The fraction of sp³-hybridized carbons (Fsp3) is 0.429. The topological polar surface area (TPSA) is 75.6 Å². The Morgan fingerprint density at radius 1 is 1.07 bits per heavy atom. The number of thioether (sulfide) groups is 1. The van der Waals surface area contributed by atoms with Gasteiger partial charge < -0.3 is 14.5 Å². The standard InChI is InChI=1S/C21H26N4O3S/c1-17(15-29-16-18-6-3-2-4-7-18)20(27)28-14-19(26)24-10-12-25(13-11-24)21-22-8-5-9-23-21/h2-9,17H,10-16H2,1H3/t17-/m0/s1. The Hall–Kier alpha value is -2.61. The second kappa shape index (κ2) is 10.8. The maximum absolute atomic E-state index is 12.4. The summed E-state index contributed by atoms with van der Waals surface area (Å²) in [5, 5.41) is 0. The molecule has 7 nitrogen and oxygen atoms in total. The molecule has 2 aromatic rings. The van der Waals surface area contributed by atoms with Crippen LogP contribution in [0, 0.1) is 5.92 Å². The number of carbonyl (C=O) groups is 2. The number of carbonyl (C=O) groups excluding carboxylic acids is 2. The summed E-state index contributed by atoms with van der Waals surface area (Å²) >= 11 is 1.69. The minimum Gasteiger partial charge on any atom is -0.455 e. The lowest BCUT2D eigenvalue weighted by Gasteiger charge is -2.34. The highest BCUT2D eigenvalue weighted by molar-refractivity contribution is 7.98. The average Bonchev–Trinajstić information content (AvgIpc) is 2.78. The van der Waals surface area contributed by atoms with Crippen molar-refractivity contribution in [2.45, 2.75) is 12.7 Å². The largest absolute Gasteiger partial charge is 0.455 e. The van der Waals surface area contributed by atoms with Gasteiger partial charge in [0.2, 0.25) is 5.95 Å². The van der Waals surface area contributed by atoms with Gasteiger partial charge in [0.25, 0.3) is 5.91 Å². The minimum atomic E-state index is -0.324. The smallest absolute Gasteiger partial charge is 0.309 e. The molecule has 8 heteroatoms. The van der Waals surface area contributed by atoms with E-state index in [1.165, 1.54) is 5.56 Å². The Morgan fingerprint density at radius 2 is 1.76 bits per heavy atom. The molecule has 1 fully saturated rings. The molecule has 1 aliphatic heterocycles. The lowest BCUT2D eigenvalue weighted by Crippen LogP contribution is -2.50. The van der Waals surface area contributed by atoms with Crippen LogP contribution in [0.2, 0.25) is 0 Å². The highest BCUT2D eigenvalue weighted by Gasteiger charge is 2.24. The Labute approximate surface area is 175 Å². The molecule has 0 bridgehead atoms. The zero-order chi connectivity index (χ0) is 20.5. The van der Waals surface area contributed by atoms with E-state index in [-0.39, 0.29) is 24.4 Å². The van der Waals surface area contributed by atoms with Crippen LogP contribution in [0.25, 0.3) is 0 Å². The van der Waals surface area contributed by atoms with Gasteiger partial charge in [-0.2, -0.15) is 11.8 Å². The van der Waals surface area contributed by atoms with Gasteiger partial charge in [0.05, 0.1) is 5.92 Å². The van der Waals surface area contributed by atoms with E-state index in [2.05, 4.69) is 22.1 Å². The Morgan fingerprint density at radius 3 is 2.45 bits per heavy atom. The predicted molar refractivity (Wildman–Crippen MR) is 114 cm³/mol. The molecule has 1 aliphatic rings. The predicted octanol–water partition coefficient (Wildman–Crippen LogP) is 2.24. The summed E-state index contributed by atoms with van der Waals surface area (Å²) in [5.41, 5.74) is 1.23. The van der Waals surface area contributed by atoms with Gasteiger partial charge in [0, 0.05) is 50.1 Å². The summed E-state index contributed by atoms with van der Waals surface area (Å²) < 4.78 is 5.25. The first-order chi connectivity index (χ1) is 14.1. The van der Waals surface area contributed by atoms with Gasteiger partial charge in [-0.3, -0.25) is 9.59 Å². The van der Waals surface area contributed by atoms with Crippen molar-refractivity contribution >= 4 is 29.6 Å².